The minimum atomic E-state index is -2.52. The first-order valence-electron chi connectivity index (χ1n) is 23.4. The summed E-state index contributed by atoms with van der Waals surface area (Å²) in [5.41, 5.74) is 1.64. The van der Waals surface area contributed by atoms with Gasteiger partial charge in [-0.25, -0.2) is 9.59 Å². The van der Waals surface area contributed by atoms with Crippen LogP contribution in [0.1, 0.15) is 131 Å². The number of nitrogens with zero attached hydrogens (tertiary/aromatic N) is 1. The number of carbonyl (C=O) groups excluding carboxylic acids is 5. The summed E-state index contributed by atoms with van der Waals surface area (Å²) >= 11 is 0. The van der Waals surface area contributed by atoms with Crippen LogP contribution in [0, 0.1) is 29.6 Å². The van der Waals surface area contributed by atoms with E-state index in [1.165, 1.54) is 19.1 Å². The normalized spacial score (nSPS) is 36.9. The van der Waals surface area contributed by atoms with Crippen molar-refractivity contribution in [2.75, 3.05) is 34.0 Å². The van der Waals surface area contributed by atoms with Crippen molar-refractivity contribution in [3.63, 3.8) is 0 Å². The molecule has 63 heavy (non-hydrogen) atoms. The quantitative estimate of drug-likeness (QED) is 0.0954. The summed E-state index contributed by atoms with van der Waals surface area (Å²) in [6.45, 7) is 15.5. The van der Waals surface area contributed by atoms with Gasteiger partial charge < -0.3 is 43.5 Å². The molecule has 1 amide bonds. The van der Waals surface area contributed by atoms with Crippen LogP contribution in [-0.2, 0) is 52.4 Å². The number of methoxy groups -OCH3 is 2. The second-order valence-electron chi connectivity index (χ2n) is 18.8. The van der Waals surface area contributed by atoms with Crippen molar-refractivity contribution < 1.29 is 62.6 Å². The molecule has 11 atom stereocenters. The lowest BCUT2D eigenvalue weighted by Gasteiger charge is -2.47. The Morgan fingerprint density at radius 3 is 2.33 bits per heavy atom. The third-order valence-corrected chi connectivity index (χ3v) is 13.7. The third kappa shape index (κ3) is 14.1. The molecular weight excluding hydrogens is 811 g/mol. The van der Waals surface area contributed by atoms with Crippen molar-refractivity contribution in [2.24, 2.45) is 29.6 Å². The molecule has 0 spiro atoms. The minimum Gasteiger partial charge on any atom is -0.464 e. The Labute approximate surface area is 375 Å². The van der Waals surface area contributed by atoms with E-state index in [1.54, 1.807) is 19.9 Å². The average molecular weight is 888 g/mol. The van der Waals surface area contributed by atoms with Gasteiger partial charge in [0.2, 0.25) is 5.79 Å². The maximum atomic E-state index is 14.4. The van der Waals surface area contributed by atoms with Crippen molar-refractivity contribution in [1.29, 1.82) is 0 Å². The van der Waals surface area contributed by atoms with Crippen LogP contribution < -0.4 is 0 Å². The fraction of sp³-hybridized carbons (Fsp3) is 0.776. The summed E-state index contributed by atoms with van der Waals surface area (Å²) in [6, 6.07) is -1.14. The highest BCUT2D eigenvalue weighted by atomic mass is 16.7. The van der Waals surface area contributed by atoms with E-state index in [-0.39, 0.29) is 62.1 Å². The van der Waals surface area contributed by atoms with E-state index in [4.69, 9.17) is 28.4 Å². The number of piperidine rings is 1. The molecule has 14 heteroatoms. The number of ether oxygens (including phenoxy) is 6. The van der Waals surface area contributed by atoms with Crippen molar-refractivity contribution in [3.05, 3.63) is 36.0 Å². The molecule has 4 aliphatic rings. The zero-order valence-corrected chi connectivity index (χ0v) is 39.2. The number of esters is 2. The zero-order valence-electron chi connectivity index (χ0n) is 39.2. The summed E-state index contributed by atoms with van der Waals surface area (Å²) in [5.74, 6) is -8.03. The van der Waals surface area contributed by atoms with Gasteiger partial charge in [-0.2, -0.15) is 0 Å². The Balaban J connectivity index is 1.67. The molecule has 0 unspecified atom stereocenters. The fourth-order valence-electron chi connectivity index (χ4n) is 9.86. The Bertz CT molecular complexity index is 1620. The van der Waals surface area contributed by atoms with Crippen molar-refractivity contribution in [2.45, 2.75) is 180 Å². The van der Waals surface area contributed by atoms with Gasteiger partial charge in [-0.05, 0) is 108 Å². The predicted octanol–water partition coefficient (Wildman–Crippen LogP) is 6.38. The van der Waals surface area contributed by atoms with Gasteiger partial charge in [0.1, 0.15) is 30.6 Å². The lowest BCUT2D eigenvalue weighted by Crippen LogP contribution is -2.64. The van der Waals surface area contributed by atoms with Crippen LogP contribution >= 0.6 is 0 Å². The molecule has 3 aliphatic heterocycles. The van der Waals surface area contributed by atoms with Gasteiger partial charge in [-0.3, -0.25) is 14.4 Å². The standard InChI is InChI=1S/C49H77NO13/c1-10-12-22-60-43(53)29-61-37-19-17-35(18-20-37)26-32(5)44-34(7)39(51)28-40(52)36(15-11-2)24-30(3)23-31(4)25-41(58-8)45-42(59-9)27-33(6)49(57,63-45)46(54)47(55)50-21-14-13-16-38(50)48(56)62-44/h11,24,26,31,33-39,41-42,44-45,51,57H,2,10,12-23,25,27-29H2,1,3-9H3/b30-24+,32-26+/t31-,33+,34+,35-,36+,37-,38-,39-,41-,42-,44+,45+,49+/m0/s1. The highest BCUT2D eigenvalue weighted by molar-refractivity contribution is 6.39. The summed E-state index contributed by atoms with van der Waals surface area (Å²) in [6.07, 6.45) is 8.77. The number of cyclic esters (lactones) is 1. The van der Waals surface area contributed by atoms with Gasteiger partial charge in [0, 0.05) is 44.9 Å². The number of amides is 1. The monoisotopic (exact) mass is 888 g/mol. The summed E-state index contributed by atoms with van der Waals surface area (Å²) in [4.78, 5) is 70.3. The largest absolute Gasteiger partial charge is 0.464 e. The van der Waals surface area contributed by atoms with Crippen LogP contribution in [0.2, 0.25) is 0 Å². The molecule has 14 nitrogen and oxygen atoms in total. The number of aliphatic hydroxyl groups is 2. The van der Waals surface area contributed by atoms with E-state index in [1.807, 2.05) is 33.8 Å². The van der Waals surface area contributed by atoms with Crippen LogP contribution in [-0.4, -0.2) is 127 Å². The topological polar surface area (TPSA) is 184 Å². The van der Waals surface area contributed by atoms with E-state index >= 15 is 0 Å². The molecule has 3 heterocycles. The molecule has 2 bridgehead atoms. The molecule has 356 valence electrons. The van der Waals surface area contributed by atoms with E-state index in [0.717, 1.165) is 31.3 Å². The molecule has 0 aromatic heterocycles. The van der Waals surface area contributed by atoms with E-state index < -0.39 is 77.8 Å². The molecule has 1 saturated carbocycles. The lowest BCUT2D eigenvalue weighted by molar-refractivity contribution is -0.302. The van der Waals surface area contributed by atoms with Gasteiger partial charge in [-0.1, -0.05) is 57.9 Å². The Hall–Kier alpha value is -3.27. The number of aliphatic hydroxyl groups excluding tert-OH is 1. The molecule has 2 N–H and O–H groups in total. The van der Waals surface area contributed by atoms with Crippen LogP contribution in [0.25, 0.3) is 0 Å². The fourth-order valence-corrected chi connectivity index (χ4v) is 9.86. The third-order valence-electron chi connectivity index (χ3n) is 13.7. The number of unbranched alkanes of at least 4 members (excludes halogenated alkanes) is 1. The Morgan fingerprint density at radius 2 is 1.68 bits per heavy atom. The van der Waals surface area contributed by atoms with Crippen LogP contribution in [0.3, 0.4) is 0 Å². The molecular formula is C49H77NO13. The molecule has 4 rings (SSSR count). The van der Waals surface area contributed by atoms with Crippen molar-refractivity contribution in [3.8, 4) is 0 Å². The lowest BCUT2D eigenvalue weighted by atomic mass is 9.82. The maximum absolute atomic E-state index is 14.4. The van der Waals surface area contributed by atoms with Gasteiger partial charge in [0.25, 0.3) is 11.7 Å². The molecule has 0 aromatic carbocycles. The second kappa shape index (κ2) is 24.9. The predicted molar refractivity (Wildman–Crippen MR) is 236 cm³/mol. The molecule has 0 aromatic rings. The van der Waals surface area contributed by atoms with E-state index in [2.05, 4.69) is 12.7 Å². The van der Waals surface area contributed by atoms with Gasteiger partial charge in [0.05, 0.1) is 31.0 Å². The molecule has 3 fully saturated rings. The van der Waals surface area contributed by atoms with E-state index in [9.17, 15) is 34.2 Å². The summed E-state index contributed by atoms with van der Waals surface area (Å²) in [7, 11) is 3.06. The summed E-state index contributed by atoms with van der Waals surface area (Å²) in [5, 5.41) is 23.9. The molecule has 2 saturated heterocycles. The number of Topliss-reactive ketones (excluding diaryl/α,β-unsaturated/α-hetero) is 2. The second-order valence-corrected chi connectivity index (χ2v) is 18.8. The number of rotatable bonds is 12. The van der Waals surface area contributed by atoms with Crippen molar-refractivity contribution in [1.82, 2.24) is 4.90 Å². The molecule has 1 aliphatic carbocycles. The SMILES string of the molecule is C=CC[C@@H]1/C=C(\C)C[C@H](C)C[C@H](OC)[C@H]2O[C@@](O)(C(=O)C(=O)N3CCCC[C@H]3C(=O)O[C@H](/C(C)=C/[C@H]3CC[C@H](OCC(=O)OCCCC)CC3)[C@H](C)[C@@H](O)CC1=O)[C@H](C)C[C@@H]2OC. The van der Waals surface area contributed by atoms with E-state index in [0.29, 0.717) is 57.1 Å². The first-order valence-corrected chi connectivity index (χ1v) is 23.4. The van der Waals surface area contributed by atoms with Gasteiger partial charge in [0.15, 0.2) is 0 Å². The first-order chi connectivity index (χ1) is 30.0. The van der Waals surface area contributed by atoms with Gasteiger partial charge in [-0.15, -0.1) is 6.58 Å². The highest BCUT2D eigenvalue weighted by Crippen LogP contribution is 2.39. The number of carbonyl (C=O) groups is 5. The number of fused-ring (bicyclic) bond motifs is 3. The first kappa shape index (κ1) is 52.4. The van der Waals surface area contributed by atoms with Crippen LogP contribution in [0.15, 0.2) is 36.0 Å². The maximum Gasteiger partial charge on any atom is 0.332 e. The smallest absolute Gasteiger partial charge is 0.332 e. The average Bonchev–Trinajstić information content (AvgIpc) is 3.26. The van der Waals surface area contributed by atoms with Crippen LogP contribution in [0.4, 0.5) is 0 Å². The summed E-state index contributed by atoms with van der Waals surface area (Å²) < 4.78 is 35.4. The number of hydrogen-bond acceptors (Lipinski definition) is 13. The highest BCUT2D eigenvalue weighted by Gasteiger charge is 2.56. The van der Waals surface area contributed by atoms with Crippen molar-refractivity contribution >= 4 is 29.4 Å². The Kier molecular flexibility index (Phi) is 20.7. The van der Waals surface area contributed by atoms with Gasteiger partial charge >= 0.3 is 11.9 Å². The number of allylic oxidation sites excluding steroid dienone is 4. The zero-order chi connectivity index (χ0) is 46.4. The Morgan fingerprint density at radius 1 is 1.00 bits per heavy atom. The molecule has 0 radical (unpaired) electrons. The minimum absolute atomic E-state index is 0.00535. The van der Waals surface area contributed by atoms with Crippen LogP contribution in [0.5, 0.6) is 0 Å². The number of hydrogen-bond donors (Lipinski definition) is 2. The number of ketones is 2.